The topological polar surface area (TPSA) is 58.6 Å². The molecule has 0 aromatic heterocycles. The van der Waals surface area contributed by atoms with Crippen molar-refractivity contribution in [2.75, 3.05) is 19.7 Å². The summed E-state index contributed by atoms with van der Waals surface area (Å²) in [5.74, 6) is 0.413. The van der Waals surface area contributed by atoms with Crippen LogP contribution in [0.1, 0.15) is 39.5 Å². The molecule has 2 rings (SSSR count). The van der Waals surface area contributed by atoms with Gasteiger partial charge in [-0.05, 0) is 31.6 Å². The third kappa shape index (κ3) is 3.93. The zero-order chi connectivity index (χ0) is 13.8. The Morgan fingerprint density at radius 1 is 1.42 bits per heavy atom. The maximum atomic E-state index is 12.3. The lowest BCUT2D eigenvalue weighted by molar-refractivity contribution is -0.145. The Morgan fingerprint density at radius 2 is 2.21 bits per heavy atom. The first-order valence-corrected chi connectivity index (χ1v) is 7.26. The number of rotatable bonds is 5. The Bertz CT molecular complexity index is 338. The molecule has 2 amide bonds. The van der Waals surface area contributed by atoms with Gasteiger partial charge in [-0.2, -0.15) is 0 Å². The molecule has 0 aromatic rings. The normalized spacial score (nSPS) is 28.1. The van der Waals surface area contributed by atoms with Gasteiger partial charge in [-0.15, -0.1) is 0 Å². The Hall–Kier alpha value is -1.10. The van der Waals surface area contributed by atoms with E-state index in [9.17, 15) is 9.59 Å². The molecule has 2 saturated heterocycles. The minimum Gasteiger partial charge on any atom is -0.378 e. The molecular formula is C14H24N2O3. The summed E-state index contributed by atoms with van der Waals surface area (Å²) in [7, 11) is 0. The minimum atomic E-state index is -0.342. The van der Waals surface area contributed by atoms with Gasteiger partial charge < -0.3 is 15.0 Å². The van der Waals surface area contributed by atoms with E-state index >= 15 is 0 Å². The number of piperazine rings is 1. The van der Waals surface area contributed by atoms with E-state index in [1.54, 1.807) is 4.90 Å². The van der Waals surface area contributed by atoms with Gasteiger partial charge >= 0.3 is 0 Å². The van der Waals surface area contributed by atoms with Crippen LogP contribution in [0.5, 0.6) is 0 Å². The quantitative estimate of drug-likeness (QED) is 0.807. The number of carbonyl (C=O) groups is 2. The van der Waals surface area contributed by atoms with Crippen LogP contribution in [-0.2, 0) is 14.3 Å². The SMILES string of the molecule is CC(C)CC1NC(=O)CN(CCC2CCCO2)C1=O. The van der Waals surface area contributed by atoms with Crippen molar-refractivity contribution < 1.29 is 14.3 Å². The van der Waals surface area contributed by atoms with Gasteiger partial charge in [-0.25, -0.2) is 0 Å². The summed E-state index contributed by atoms with van der Waals surface area (Å²) < 4.78 is 5.56. The average Bonchev–Trinajstić information content (AvgIpc) is 2.84. The van der Waals surface area contributed by atoms with Gasteiger partial charge in [0.05, 0.1) is 12.6 Å². The van der Waals surface area contributed by atoms with Crippen molar-refractivity contribution >= 4 is 11.8 Å². The largest absolute Gasteiger partial charge is 0.378 e. The number of nitrogens with one attached hydrogen (secondary N) is 1. The molecule has 108 valence electrons. The van der Waals surface area contributed by atoms with Crippen LogP contribution < -0.4 is 5.32 Å². The number of carbonyl (C=O) groups excluding carboxylic acids is 2. The molecule has 2 fully saturated rings. The summed E-state index contributed by atoms with van der Waals surface area (Å²) in [6.45, 7) is 5.77. The predicted octanol–water partition coefficient (Wildman–Crippen LogP) is 0.929. The van der Waals surface area contributed by atoms with E-state index in [4.69, 9.17) is 4.74 Å². The van der Waals surface area contributed by atoms with Crippen LogP contribution in [0.25, 0.3) is 0 Å². The minimum absolute atomic E-state index is 0.0439. The van der Waals surface area contributed by atoms with Crippen molar-refractivity contribution in [3.63, 3.8) is 0 Å². The maximum Gasteiger partial charge on any atom is 0.245 e. The van der Waals surface area contributed by atoms with Gasteiger partial charge in [-0.1, -0.05) is 13.8 Å². The van der Waals surface area contributed by atoms with Crippen molar-refractivity contribution in [2.45, 2.75) is 51.7 Å². The molecule has 5 nitrogen and oxygen atoms in total. The number of ether oxygens (including phenoxy) is 1. The molecule has 5 heteroatoms. The average molecular weight is 268 g/mol. The molecule has 2 heterocycles. The van der Waals surface area contributed by atoms with Gasteiger partial charge in [0.2, 0.25) is 11.8 Å². The summed E-state index contributed by atoms with van der Waals surface area (Å²) >= 11 is 0. The van der Waals surface area contributed by atoms with Crippen LogP contribution in [0.15, 0.2) is 0 Å². The lowest BCUT2D eigenvalue weighted by Gasteiger charge is -2.33. The van der Waals surface area contributed by atoms with E-state index in [-0.39, 0.29) is 30.5 Å². The summed E-state index contributed by atoms with van der Waals surface area (Å²) in [4.78, 5) is 25.6. The van der Waals surface area contributed by atoms with E-state index in [0.29, 0.717) is 18.9 Å². The molecule has 0 spiro atoms. The Morgan fingerprint density at radius 3 is 2.84 bits per heavy atom. The molecule has 2 aliphatic rings. The van der Waals surface area contributed by atoms with E-state index in [1.165, 1.54) is 0 Å². The molecule has 2 aliphatic heterocycles. The maximum absolute atomic E-state index is 12.3. The van der Waals surface area contributed by atoms with Gasteiger partial charge in [0, 0.05) is 13.2 Å². The molecule has 2 unspecified atom stereocenters. The second-order valence-electron chi connectivity index (χ2n) is 5.93. The highest BCUT2D eigenvalue weighted by molar-refractivity contribution is 5.94. The Balaban J connectivity index is 1.87. The first kappa shape index (κ1) is 14.3. The van der Waals surface area contributed by atoms with Gasteiger partial charge in [0.1, 0.15) is 6.04 Å². The molecule has 0 aliphatic carbocycles. The molecule has 0 aromatic carbocycles. The smallest absolute Gasteiger partial charge is 0.245 e. The van der Waals surface area contributed by atoms with Gasteiger partial charge in [0.15, 0.2) is 0 Å². The third-order valence-electron chi connectivity index (χ3n) is 3.73. The number of amides is 2. The molecular weight excluding hydrogens is 244 g/mol. The zero-order valence-electron chi connectivity index (χ0n) is 11.9. The highest BCUT2D eigenvalue weighted by Gasteiger charge is 2.33. The van der Waals surface area contributed by atoms with Crippen LogP contribution in [0.4, 0.5) is 0 Å². The summed E-state index contributed by atoms with van der Waals surface area (Å²) in [5.41, 5.74) is 0. The van der Waals surface area contributed by atoms with Crippen LogP contribution in [0.3, 0.4) is 0 Å². The fraction of sp³-hybridized carbons (Fsp3) is 0.857. The molecule has 0 bridgehead atoms. The van der Waals surface area contributed by atoms with Crippen LogP contribution in [-0.4, -0.2) is 48.6 Å². The van der Waals surface area contributed by atoms with Crippen molar-refractivity contribution in [2.24, 2.45) is 5.92 Å². The van der Waals surface area contributed by atoms with Crippen molar-refractivity contribution in [1.29, 1.82) is 0 Å². The molecule has 2 atom stereocenters. The fourth-order valence-corrected chi connectivity index (χ4v) is 2.77. The van der Waals surface area contributed by atoms with E-state index in [2.05, 4.69) is 19.2 Å². The molecule has 1 N–H and O–H groups in total. The second-order valence-corrected chi connectivity index (χ2v) is 5.93. The van der Waals surface area contributed by atoms with E-state index in [1.807, 2.05) is 0 Å². The second kappa shape index (κ2) is 6.37. The monoisotopic (exact) mass is 268 g/mol. The highest BCUT2D eigenvalue weighted by Crippen LogP contribution is 2.17. The van der Waals surface area contributed by atoms with Gasteiger partial charge in [-0.3, -0.25) is 9.59 Å². The van der Waals surface area contributed by atoms with Crippen LogP contribution in [0.2, 0.25) is 0 Å². The van der Waals surface area contributed by atoms with Crippen LogP contribution in [0, 0.1) is 5.92 Å². The summed E-state index contributed by atoms with van der Waals surface area (Å²) in [5, 5.41) is 2.79. The van der Waals surface area contributed by atoms with Crippen LogP contribution >= 0.6 is 0 Å². The highest BCUT2D eigenvalue weighted by atomic mass is 16.5. The Kier molecular flexibility index (Phi) is 4.80. The lowest BCUT2D eigenvalue weighted by atomic mass is 10.0. The summed E-state index contributed by atoms with van der Waals surface area (Å²) in [6.07, 6.45) is 3.99. The third-order valence-corrected chi connectivity index (χ3v) is 3.73. The number of hydrogen-bond acceptors (Lipinski definition) is 3. The van der Waals surface area contributed by atoms with Gasteiger partial charge in [0.25, 0.3) is 0 Å². The predicted molar refractivity (Wildman–Crippen MR) is 71.6 cm³/mol. The van der Waals surface area contributed by atoms with E-state index in [0.717, 1.165) is 25.9 Å². The number of hydrogen-bond donors (Lipinski definition) is 1. The molecule has 0 saturated carbocycles. The zero-order valence-corrected chi connectivity index (χ0v) is 11.9. The standard InChI is InChI=1S/C14H24N2O3/c1-10(2)8-12-14(18)16(9-13(17)15-12)6-5-11-4-3-7-19-11/h10-12H,3-9H2,1-2H3,(H,15,17). The molecule has 19 heavy (non-hydrogen) atoms. The van der Waals surface area contributed by atoms with Crippen molar-refractivity contribution in [3.05, 3.63) is 0 Å². The molecule has 0 radical (unpaired) electrons. The summed E-state index contributed by atoms with van der Waals surface area (Å²) in [6, 6.07) is -0.342. The van der Waals surface area contributed by atoms with Crippen molar-refractivity contribution in [1.82, 2.24) is 10.2 Å². The number of nitrogens with zero attached hydrogens (tertiary/aromatic N) is 1. The Labute approximate surface area is 114 Å². The van der Waals surface area contributed by atoms with Crippen molar-refractivity contribution in [3.8, 4) is 0 Å². The first-order chi connectivity index (χ1) is 9.06. The lowest BCUT2D eigenvalue weighted by Crippen LogP contribution is -2.58. The fourth-order valence-electron chi connectivity index (χ4n) is 2.77. The van der Waals surface area contributed by atoms with E-state index < -0.39 is 0 Å². The first-order valence-electron chi connectivity index (χ1n) is 7.26.